The number of carbonyl (C=O) groups is 2. The third kappa shape index (κ3) is 8.63. The van der Waals surface area contributed by atoms with Gasteiger partial charge in [0, 0.05) is 5.02 Å². The van der Waals surface area contributed by atoms with E-state index < -0.39 is 11.9 Å². The van der Waals surface area contributed by atoms with E-state index in [1.54, 1.807) is 54.6 Å². The monoisotopic (exact) mass is 514 g/mol. The van der Waals surface area contributed by atoms with Crippen molar-refractivity contribution in [2.24, 2.45) is 5.10 Å². The Morgan fingerprint density at radius 3 is 2.40 bits per heavy atom. The van der Waals surface area contributed by atoms with E-state index in [2.05, 4.69) is 17.5 Å². The lowest BCUT2D eigenvalue weighted by Crippen LogP contribution is -2.24. The average molecular weight is 515 g/mol. The van der Waals surface area contributed by atoms with Crippen molar-refractivity contribution in [2.75, 3.05) is 13.2 Å². The minimum Gasteiger partial charge on any atom is -0.494 e. The van der Waals surface area contributed by atoms with Crippen molar-refractivity contribution < 1.29 is 23.8 Å². The Hall–Kier alpha value is -3.55. The molecule has 0 unspecified atom stereocenters. The third-order valence-electron chi connectivity index (χ3n) is 4.58. The maximum Gasteiger partial charge on any atom is 0.345 e. The second-order valence-electron chi connectivity index (χ2n) is 7.34. The summed E-state index contributed by atoms with van der Waals surface area (Å²) in [5.41, 5.74) is 3.19. The number of hydrazone groups is 1. The molecule has 1 N–H and O–H groups in total. The molecule has 3 rings (SSSR count). The summed E-state index contributed by atoms with van der Waals surface area (Å²) in [6.07, 6.45) is 3.48. The summed E-state index contributed by atoms with van der Waals surface area (Å²) in [5, 5.41) is 4.53. The number of hydrogen-bond donors (Lipinski definition) is 1. The van der Waals surface area contributed by atoms with Crippen LogP contribution in [0.5, 0.6) is 17.2 Å². The number of hydrogen-bond acceptors (Lipinski definition) is 6. The molecule has 9 heteroatoms. The zero-order valence-electron chi connectivity index (χ0n) is 19.0. The first-order valence-electron chi connectivity index (χ1n) is 10.9. The van der Waals surface area contributed by atoms with Gasteiger partial charge in [0.15, 0.2) is 6.61 Å². The topological polar surface area (TPSA) is 86.2 Å². The van der Waals surface area contributed by atoms with Crippen LogP contribution in [0.2, 0.25) is 10.0 Å². The first kappa shape index (κ1) is 26.1. The number of nitrogens with one attached hydrogen (secondary N) is 1. The number of esters is 1. The smallest absolute Gasteiger partial charge is 0.345 e. The molecule has 0 saturated carbocycles. The van der Waals surface area contributed by atoms with Crippen LogP contribution < -0.4 is 19.6 Å². The summed E-state index contributed by atoms with van der Waals surface area (Å²) >= 11 is 11.9. The summed E-state index contributed by atoms with van der Waals surface area (Å²) < 4.78 is 16.4. The highest BCUT2D eigenvalue weighted by atomic mass is 35.5. The summed E-state index contributed by atoms with van der Waals surface area (Å²) in [5.74, 6) is 0.546. The normalized spacial score (nSPS) is 10.7. The van der Waals surface area contributed by atoms with Crippen molar-refractivity contribution >= 4 is 41.3 Å². The van der Waals surface area contributed by atoms with Crippen molar-refractivity contribution in [3.05, 3.63) is 87.9 Å². The number of halogens is 2. The molecule has 7 nitrogen and oxygen atoms in total. The third-order valence-corrected chi connectivity index (χ3v) is 5.13. The van der Waals surface area contributed by atoms with E-state index in [1.165, 1.54) is 18.3 Å². The number of amides is 1. The van der Waals surface area contributed by atoms with Crippen LogP contribution in [-0.4, -0.2) is 31.3 Å². The first-order valence-corrected chi connectivity index (χ1v) is 11.6. The zero-order chi connectivity index (χ0) is 25.0. The van der Waals surface area contributed by atoms with E-state index in [1.807, 2.05) is 0 Å². The van der Waals surface area contributed by atoms with Crippen LogP contribution in [0.25, 0.3) is 0 Å². The molecule has 0 aromatic heterocycles. The summed E-state index contributed by atoms with van der Waals surface area (Å²) in [7, 11) is 0. The fourth-order valence-electron chi connectivity index (χ4n) is 2.80. The van der Waals surface area contributed by atoms with Crippen LogP contribution in [0.3, 0.4) is 0 Å². The van der Waals surface area contributed by atoms with E-state index in [4.69, 9.17) is 37.4 Å². The molecule has 0 aliphatic carbocycles. The second-order valence-corrected chi connectivity index (χ2v) is 8.19. The van der Waals surface area contributed by atoms with Crippen LogP contribution in [-0.2, 0) is 4.79 Å². The van der Waals surface area contributed by atoms with Gasteiger partial charge >= 0.3 is 5.97 Å². The lowest BCUT2D eigenvalue weighted by molar-refractivity contribution is -0.123. The minimum absolute atomic E-state index is 0.195. The number of carbonyl (C=O) groups excluding carboxylic acids is 2. The van der Waals surface area contributed by atoms with E-state index in [0.717, 1.165) is 18.6 Å². The van der Waals surface area contributed by atoms with Crippen molar-refractivity contribution in [1.29, 1.82) is 0 Å². The van der Waals surface area contributed by atoms with Crippen LogP contribution >= 0.6 is 23.2 Å². The number of rotatable bonds is 11. The highest BCUT2D eigenvalue weighted by Crippen LogP contribution is 2.23. The largest absolute Gasteiger partial charge is 0.494 e. The van der Waals surface area contributed by atoms with E-state index in [0.29, 0.717) is 28.7 Å². The Kier molecular flexibility index (Phi) is 9.95. The van der Waals surface area contributed by atoms with E-state index in [-0.39, 0.29) is 17.2 Å². The second kappa shape index (κ2) is 13.4. The SMILES string of the molecule is CCCCOc1ccc(OCC(=O)N/N=C\c2cccc(OC(=O)c3ccc(Cl)cc3Cl)c2)cc1. The van der Waals surface area contributed by atoms with Gasteiger partial charge in [0.1, 0.15) is 17.2 Å². The molecule has 0 radical (unpaired) electrons. The fourth-order valence-corrected chi connectivity index (χ4v) is 3.29. The molecular weight excluding hydrogens is 491 g/mol. The van der Waals surface area contributed by atoms with Crippen LogP contribution in [0, 0.1) is 0 Å². The number of ether oxygens (including phenoxy) is 3. The molecular formula is C26H24Cl2N2O5. The molecule has 35 heavy (non-hydrogen) atoms. The Bertz CT molecular complexity index is 1180. The van der Waals surface area contributed by atoms with E-state index in [9.17, 15) is 9.59 Å². The number of benzene rings is 3. The molecule has 0 heterocycles. The predicted molar refractivity (Wildman–Crippen MR) is 136 cm³/mol. The Labute approximate surface area is 213 Å². The number of unbranched alkanes of at least 4 members (excludes halogenated alkanes) is 1. The molecule has 3 aromatic rings. The first-order chi connectivity index (χ1) is 16.9. The highest BCUT2D eigenvalue weighted by molar-refractivity contribution is 6.36. The van der Waals surface area contributed by atoms with Crippen LogP contribution in [0.4, 0.5) is 0 Å². The van der Waals surface area contributed by atoms with E-state index >= 15 is 0 Å². The summed E-state index contributed by atoms with van der Waals surface area (Å²) in [6, 6.07) is 18.2. The van der Waals surface area contributed by atoms with Gasteiger partial charge in [0.2, 0.25) is 0 Å². The van der Waals surface area contributed by atoms with Crippen molar-refractivity contribution in [3.63, 3.8) is 0 Å². The number of nitrogens with zero attached hydrogens (tertiary/aromatic N) is 1. The molecule has 182 valence electrons. The molecule has 1 amide bonds. The molecule has 3 aromatic carbocycles. The lowest BCUT2D eigenvalue weighted by Gasteiger charge is -2.08. The highest BCUT2D eigenvalue weighted by Gasteiger charge is 2.13. The van der Waals surface area contributed by atoms with Crippen LogP contribution in [0.15, 0.2) is 71.8 Å². The summed E-state index contributed by atoms with van der Waals surface area (Å²) in [4.78, 5) is 24.4. The predicted octanol–water partition coefficient (Wildman–Crippen LogP) is 5.92. The van der Waals surface area contributed by atoms with Crippen molar-refractivity contribution in [2.45, 2.75) is 19.8 Å². The average Bonchev–Trinajstić information content (AvgIpc) is 2.84. The van der Waals surface area contributed by atoms with Gasteiger partial charge in [-0.1, -0.05) is 48.7 Å². The Morgan fingerprint density at radius 1 is 0.943 bits per heavy atom. The van der Waals surface area contributed by atoms with Crippen LogP contribution in [0.1, 0.15) is 35.7 Å². The molecule has 0 aliphatic heterocycles. The van der Waals surface area contributed by atoms with Gasteiger partial charge in [-0.2, -0.15) is 5.10 Å². The van der Waals surface area contributed by atoms with Gasteiger partial charge < -0.3 is 14.2 Å². The van der Waals surface area contributed by atoms with Gasteiger partial charge in [-0.05, 0) is 66.6 Å². The lowest BCUT2D eigenvalue weighted by atomic mass is 10.2. The molecule has 0 aliphatic rings. The maximum atomic E-state index is 12.4. The molecule has 0 saturated heterocycles. The quantitative estimate of drug-likeness (QED) is 0.113. The zero-order valence-corrected chi connectivity index (χ0v) is 20.5. The molecule has 0 fully saturated rings. The molecule has 0 atom stereocenters. The van der Waals surface area contributed by atoms with Gasteiger partial charge in [0.25, 0.3) is 5.91 Å². The van der Waals surface area contributed by atoms with Gasteiger partial charge in [-0.3, -0.25) is 4.79 Å². The standard InChI is InChI=1S/C26H24Cl2N2O5/c1-2-3-13-33-20-8-10-21(11-9-20)34-17-25(31)30-29-16-18-5-4-6-22(14-18)35-26(32)23-12-7-19(27)15-24(23)28/h4-12,14-16H,2-3,13,17H2,1H3,(H,30,31)/b29-16-. The molecule has 0 bridgehead atoms. The minimum atomic E-state index is -0.619. The van der Waals surface area contributed by atoms with Gasteiger partial charge in [-0.15, -0.1) is 0 Å². The fraction of sp³-hybridized carbons (Fsp3) is 0.192. The maximum absolute atomic E-state index is 12.4. The van der Waals surface area contributed by atoms with Crippen molar-refractivity contribution in [1.82, 2.24) is 5.43 Å². The van der Waals surface area contributed by atoms with Crippen molar-refractivity contribution in [3.8, 4) is 17.2 Å². The van der Waals surface area contributed by atoms with Gasteiger partial charge in [0.05, 0.1) is 23.4 Å². The summed E-state index contributed by atoms with van der Waals surface area (Å²) in [6.45, 7) is 2.57. The van der Waals surface area contributed by atoms with Gasteiger partial charge in [-0.25, -0.2) is 10.2 Å². The Balaban J connectivity index is 1.46. The molecule has 0 spiro atoms. The Morgan fingerprint density at radius 2 is 1.69 bits per heavy atom.